The third kappa shape index (κ3) is 5.38. The molecule has 0 aromatic heterocycles. The maximum Gasteiger partial charge on any atom is 0.240 e. The fraction of sp³-hybridized carbons (Fsp3) is 0.200. The van der Waals surface area contributed by atoms with Crippen LogP contribution < -0.4 is 4.74 Å². The molecule has 0 fully saturated rings. The lowest BCUT2D eigenvalue weighted by Crippen LogP contribution is -2.27. The van der Waals surface area contributed by atoms with Gasteiger partial charge in [-0.05, 0) is 29.8 Å². The lowest BCUT2D eigenvalue weighted by molar-refractivity contribution is -0.104. The Hall–Kier alpha value is -0.970. The zero-order valence-corrected chi connectivity index (χ0v) is 13.1. The highest BCUT2D eigenvalue weighted by molar-refractivity contribution is 6.67. The van der Waals surface area contributed by atoms with Crippen molar-refractivity contribution in [2.24, 2.45) is 0 Å². The summed E-state index contributed by atoms with van der Waals surface area (Å²) in [5, 5.41) is 9.50. The molecule has 2 aromatic rings. The topological polar surface area (TPSA) is 38.7 Å². The number of hydrogen-bond acceptors (Lipinski definition) is 3. The van der Waals surface area contributed by atoms with Crippen LogP contribution in [0.15, 0.2) is 54.6 Å². The Bertz CT molecular complexity index is 570. The van der Waals surface area contributed by atoms with E-state index in [1.54, 1.807) is 6.07 Å². The van der Waals surface area contributed by atoms with Crippen LogP contribution in [0.2, 0.25) is 0 Å². The molecule has 1 unspecified atom stereocenters. The number of halogens is 3. The van der Waals surface area contributed by atoms with Crippen molar-refractivity contribution in [1.29, 1.82) is 0 Å². The van der Waals surface area contributed by atoms with E-state index in [1.807, 2.05) is 48.5 Å². The number of para-hydroxylation sites is 1. The van der Waals surface area contributed by atoms with Gasteiger partial charge < -0.3 is 14.6 Å². The summed E-state index contributed by atoms with van der Waals surface area (Å²) in [4.78, 5) is 0. The Morgan fingerprint density at radius 2 is 1.62 bits per heavy atom. The van der Waals surface area contributed by atoms with Gasteiger partial charge in [0.15, 0.2) is 0 Å². The van der Waals surface area contributed by atoms with E-state index in [1.165, 1.54) is 0 Å². The molecule has 1 N–H and O–H groups in total. The Labute approximate surface area is 138 Å². The monoisotopic (exact) mass is 346 g/mol. The number of aliphatic hydroxyl groups excluding tert-OH is 1. The summed E-state index contributed by atoms with van der Waals surface area (Å²) < 4.78 is 8.92. The maximum absolute atomic E-state index is 9.50. The lowest BCUT2D eigenvalue weighted by Gasteiger charge is -2.19. The molecule has 0 aliphatic carbocycles. The summed E-state index contributed by atoms with van der Waals surface area (Å²) in [5.41, 5.74) is 0.789. The van der Waals surface area contributed by atoms with Crippen molar-refractivity contribution in [2.45, 2.75) is 16.7 Å². The molecule has 0 aliphatic heterocycles. The van der Waals surface area contributed by atoms with Gasteiger partial charge in [0.1, 0.15) is 11.5 Å². The van der Waals surface area contributed by atoms with Crippen molar-refractivity contribution < 1.29 is 14.6 Å². The minimum absolute atomic E-state index is 0.0983. The van der Waals surface area contributed by atoms with Gasteiger partial charge >= 0.3 is 0 Å². The van der Waals surface area contributed by atoms with Crippen molar-refractivity contribution in [2.75, 3.05) is 0 Å². The molecule has 21 heavy (non-hydrogen) atoms. The molecule has 0 bridgehead atoms. The van der Waals surface area contributed by atoms with Crippen molar-refractivity contribution >= 4 is 34.8 Å². The second-order valence-corrected chi connectivity index (χ2v) is 6.64. The largest absolute Gasteiger partial charge is 0.457 e. The van der Waals surface area contributed by atoms with Crippen molar-refractivity contribution in [3.8, 4) is 11.5 Å². The Kier molecular flexibility index (Phi) is 5.73. The molecule has 0 aliphatic rings. The molecule has 2 rings (SSSR count). The van der Waals surface area contributed by atoms with E-state index in [2.05, 4.69) is 0 Å². The van der Waals surface area contributed by atoms with Gasteiger partial charge in [-0.25, -0.2) is 0 Å². The standard InChI is InChI=1S/C15H13Cl3O3/c16-15(17,18)14(19)20-10-11-5-4-8-13(9-11)21-12-6-2-1-3-7-12/h1-9,14,19H,10H2. The van der Waals surface area contributed by atoms with E-state index in [0.29, 0.717) is 5.75 Å². The van der Waals surface area contributed by atoms with Crippen LogP contribution in [-0.2, 0) is 11.3 Å². The van der Waals surface area contributed by atoms with Gasteiger partial charge in [0, 0.05) is 0 Å². The van der Waals surface area contributed by atoms with E-state index in [9.17, 15) is 5.11 Å². The molecule has 3 nitrogen and oxygen atoms in total. The third-order valence-corrected chi connectivity index (χ3v) is 3.13. The third-order valence-electron chi connectivity index (χ3n) is 2.57. The molecule has 0 heterocycles. The Balaban J connectivity index is 1.98. The van der Waals surface area contributed by atoms with E-state index >= 15 is 0 Å². The van der Waals surface area contributed by atoms with Crippen molar-refractivity contribution in [3.05, 3.63) is 60.2 Å². The zero-order valence-electron chi connectivity index (χ0n) is 10.9. The molecule has 0 radical (unpaired) electrons. The SMILES string of the molecule is OC(OCc1cccc(Oc2ccccc2)c1)C(Cl)(Cl)Cl. The van der Waals surface area contributed by atoms with Crippen molar-refractivity contribution in [1.82, 2.24) is 0 Å². The van der Waals surface area contributed by atoms with Gasteiger partial charge in [0.05, 0.1) is 6.61 Å². The Morgan fingerprint density at radius 1 is 0.952 bits per heavy atom. The van der Waals surface area contributed by atoms with E-state index < -0.39 is 10.1 Å². The average Bonchev–Trinajstić information content (AvgIpc) is 2.45. The van der Waals surface area contributed by atoms with Crippen molar-refractivity contribution in [3.63, 3.8) is 0 Å². The van der Waals surface area contributed by atoms with Crippen LogP contribution in [0.25, 0.3) is 0 Å². The molecule has 0 saturated heterocycles. The highest BCUT2D eigenvalue weighted by Gasteiger charge is 2.31. The number of benzene rings is 2. The van der Waals surface area contributed by atoms with Crippen LogP contribution in [0.3, 0.4) is 0 Å². The molecule has 112 valence electrons. The number of aliphatic hydroxyl groups is 1. The molecule has 1 atom stereocenters. The van der Waals surface area contributed by atoms with Gasteiger partial charge in [-0.2, -0.15) is 0 Å². The summed E-state index contributed by atoms with van der Waals surface area (Å²) >= 11 is 16.6. The highest BCUT2D eigenvalue weighted by Crippen LogP contribution is 2.31. The number of rotatable bonds is 5. The van der Waals surface area contributed by atoms with E-state index in [0.717, 1.165) is 11.3 Å². The van der Waals surface area contributed by atoms with Crippen LogP contribution >= 0.6 is 34.8 Å². The molecule has 0 spiro atoms. The quantitative estimate of drug-likeness (QED) is 0.630. The van der Waals surface area contributed by atoms with Crippen LogP contribution in [0.5, 0.6) is 11.5 Å². The molecular formula is C15H13Cl3O3. The second kappa shape index (κ2) is 7.34. The summed E-state index contributed by atoms with van der Waals surface area (Å²) in [6.07, 6.45) is -1.50. The van der Waals surface area contributed by atoms with Gasteiger partial charge in [0.25, 0.3) is 0 Å². The normalized spacial score (nSPS) is 13.0. The van der Waals surface area contributed by atoms with Gasteiger partial charge in [-0.15, -0.1) is 0 Å². The second-order valence-electron chi connectivity index (χ2n) is 4.27. The smallest absolute Gasteiger partial charge is 0.240 e. The predicted molar refractivity (Wildman–Crippen MR) is 84.0 cm³/mol. The minimum atomic E-state index is -1.88. The van der Waals surface area contributed by atoms with Gasteiger partial charge in [0.2, 0.25) is 10.1 Å². The maximum atomic E-state index is 9.50. The van der Waals surface area contributed by atoms with Crippen LogP contribution in [0.1, 0.15) is 5.56 Å². The first-order valence-corrected chi connectivity index (χ1v) is 7.27. The highest BCUT2D eigenvalue weighted by atomic mass is 35.6. The van der Waals surface area contributed by atoms with Gasteiger partial charge in [-0.1, -0.05) is 65.1 Å². The molecule has 0 amide bonds. The molecular weight excluding hydrogens is 335 g/mol. The fourth-order valence-electron chi connectivity index (χ4n) is 1.59. The molecule has 2 aromatic carbocycles. The van der Waals surface area contributed by atoms with Crippen LogP contribution in [-0.4, -0.2) is 15.2 Å². The first-order valence-electron chi connectivity index (χ1n) is 6.13. The summed E-state index contributed by atoms with van der Waals surface area (Å²) in [5.74, 6) is 1.39. The van der Waals surface area contributed by atoms with Crippen LogP contribution in [0, 0.1) is 0 Å². The number of alkyl halides is 3. The van der Waals surface area contributed by atoms with Crippen LogP contribution in [0.4, 0.5) is 0 Å². The average molecular weight is 348 g/mol. The fourth-order valence-corrected chi connectivity index (χ4v) is 1.78. The number of ether oxygens (including phenoxy) is 2. The first-order chi connectivity index (χ1) is 9.95. The first kappa shape index (κ1) is 16.4. The summed E-state index contributed by atoms with van der Waals surface area (Å²) in [7, 11) is 0. The number of hydrogen-bond donors (Lipinski definition) is 1. The minimum Gasteiger partial charge on any atom is -0.457 e. The lowest BCUT2D eigenvalue weighted by atomic mass is 10.2. The summed E-state index contributed by atoms with van der Waals surface area (Å²) in [6.45, 7) is 0.0983. The molecule has 0 saturated carbocycles. The van der Waals surface area contributed by atoms with E-state index in [-0.39, 0.29) is 6.61 Å². The summed E-state index contributed by atoms with van der Waals surface area (Å²) in [6, 6.07) is 16.7. The predicted octanol–water partition coefficient (Wildman–Crippen LogP) is 4.68. The Morgan fingerprint density at radius 3 is 2.29 bits per heavy atom. The zero-order chi connectivity index (χ0) is 15.3. The van der Waals surface area contributed by atoms with E-state index in [4.69, 9.17) is 44.3 Å². The molecule has 6 heteroatoms. The van der Waals surface area contributed by atoms with Gasteiger partial charge in [-0.3, -0.25) is 0 Å².